The Kier molecular flexibility index (Phi) is 4.24. The molecule has 1 aromatic carbocycles. The molecule has 0 saturated heterocycles. The van der Waals surface area contributed by atoms with E-state index in [1.165, 1.54) is 0 Å². The van der Waals surface area contributed by atoms with Gasteiger partial charge in [-0.1, -0.05) is 17.3 Å². The lowest BCUT2D eigenvalue weighted by Crippen LogP contribution is -2.02. The van der Waals surface area contributed by atoms with Crippen LogP contribution in [0.3, 0.4) is 0 Å². The van der Waals surface area contributed by atoms with E-state index >= 15 is 0 Å². The largest absolute Gasteiger partial charge is 0.492 e. The number of nitrogens with zero attached hydrogens (tertiary/aromatic N) is 1. The maximum absolute atomic E-state index is 8.68. The van der Waals surface area contributed by atoms with Crippen molar-refractivity contribution in [1.29, 1.82) is 0 Å². The van der Waals surface area contributed by atoms with Crippen LogP contribution in [-0.2, 0) is 0 Å². The van der Waals surface area contributed by atoms with Crippen molar-refractivity contribution in [2.75, 3.05) is 6.61 Å². The number of para-hydroxylation sites is 1. The van der Waals surface area contributed by atoms with Gasteiger partial charge >= 0.3 is 0 Å². The number of benzene rings is 1. The third kappa shape index (κ3) is 3.03. The third-order valence-electron chi connectivity index (χ3n) is 1.93. The Morgan fingerprint density at radius 3 is 2.93 bits per heavy atom. The van der Waals surface area contributed by atoms with Gasteiger partial charge in [-0.25, -0.2) is 0 Å². The van der Waals surface area contributed by atoms with E-state index < -0.39 is 0 Å². The first-order valence-electron chi connectivity index (χ1n) is 4.64. The summed E-state index contributed by atoms with van der Waals surface area (Å²) in [5.41, 5.74) is 1.29. The molecule has 0 aromatic heterocycles. The van der Waals surface area contributed by atoms with Gasteiger partial charge in [-0.3, -0.25) is 0 Å². The summed E-state index contributed by atoms with van der Waals surface area (Å²) in [6.07, 6.45) is 5.68. The topological polar surface area (TPSA) is 41.8 Å². The second-order valence-corrected chi connectivity index (χ2v) is 2.98. The van der Waals surface area contributed by atoms with Gasteiger partial charge in [0.05, 0.1) is 12.3 Å². The van der Waals surface area contributed by atoms with E-state index in [1.54, 1.807) is 6.92 Å². The zero-order valence-corrected chi connectivity index (χ0v) is 8.60. The lowest BCUT2D eigenvalue weighted by molar-refractivity contribution is 0.315. The Morgan fingerprint density at radius 1 is 1.53 bits per heavy atom. The summed E-state index contributed by atoms with van der Waals surface area (Å²) in [5, 5.41) is 11.8. The Bertz CT molecular complexity index is 391. The smallest absolute Gasteiger partial charge is 0.128 e. The molecule has 0 aliphatic heterocycles. The quantitative estimate of drug-likeness (QED) is 0.268. The van der Waals surface area contributed by atoms with Gasteiger partial charge in [-0.05, 0) is 19.1 Å². The zero-order chi connectivity index (χ0) is 11.1. The summed E-state index contributed by atoms with van der Waals surface area (Å²) in [5.74, 6) is 3.18. The molecular weight excluding hydrogens is 190 g/mol. The second kappa shape index (κ2) is 5.71. The van der Waals surface area contributed by atoms with Crippen LogP contribution in [0.2, 0.25) is 0 Å². The fourth-order valence-corrected chi connectivity index (χ4v) is 1.17. The predicted molar refractivity (Wildman–Crippen MR) is 59.4 cm³/mol. The molecule has 0 aliphatic rings. The van der Waals surface area contributed by atoms with Crippen molar-refractivity contribution < 1.29 is 9.94 Å². The van der Waals surface area contributed by atoms with Crippen molar-refractivity contribution in [3.63, 3.8) is 0 Å². The standard InChI is InChI=1S/C12H13NO2/c1-3-4-9-15-12-8-6-5-7-11(12)10(2)13-14/h1,5-8,14H,4,9H2,2H3/b13-10+. The zero-order valence-electron chi connectivity index (χ0n) is 8.60. The van der Waals surface area contributed by atoms with E-state index in [0.717, 1.165) is 5.56 Å². The Balaban J connectivity index is 2.83. The number of terminal acetylenes is 1. The van der Waals surface area contributed by atoms with E-state index in [0.29, 0.717) is 24.5 Å². The molecule has 0 saturated carbocycles. The van der Waals surface area contributed by atoms with Crippen LogP contribution in [0.5, 0.6) is 5.75 Å². The molecule has 0 radical (unpaired) electrons. The van der Waals surface area contributed by atoms with Crippen LogP contribution in [0, 0.1) is 12.3 Å². The minimum Gasteiger partial charge on any atom is -0.492 e. The molecule has 0 heterocycles. The van der Waals surface area contributed by atoms with Crippen LogP contribution in [-0.4, -0.2) is 17.5 Å². The molecule has 1 rings (SSSR count). The fraction of sp³-hybridized carbons (Fsp3) is 0.250. The molecular formula is C12H13NO2. The second-order valence-electron chi connectivity index (χ2n) is 2.98. The fourth-order valence-electron chi connectivity index (χ4n) is 1.17. The van der Waals surface area contributed by atoms with E-state index in [-0.39, 0.29) is 0 Å². The Labute approximate surface area is 89.4 Å². The summed E-state index contributed by atoms with van der Waals surface area (Å²) >= 11 is 0. The minimum atomic E-state index is 0.465. The summed E-state index contributed by atoms with van der Waals surface area (Å²) in [6.45, 7) is 2.18. The van der Waals surface area contributed by atoms with Crippen molar-refractivity contribution >= 4 is 5.71 Å². The highest BCUT2D eigenvalue weighted by Gasteiger charge is 2.05. The molecule has 1 N–H and O–H groups in total. The van der Waals surface area contributed by atoms with Crippen molar-refractivity contribution in [2.24, 2.45) is 5.16 Å². The van der Waals surface area contributed by atoms with E-state index in [9.17, 15) is 0 Å². The maximum atomic E-state index is 8.68. The monoisotopic (exact) mass is 203 g/mol. The van der Waals surface area contributed by atoms with Gasteiger partial charge in [0.25, 0.3) is 0 Å². The average molecular weight is 203 g/mol. The van der Waals surface area contributed by atoms with Gasteiger partial charge in [0.15, 0.2) is 0 Å². The van der Waals surface area contributed by atoms with Gasteiger partial charge in [-0.2, -0.15) is 0 Å². The van der Waals surface area contributed by atoms with E-state index in [2.05, 4.69) is 11.1 Å². The molecule has 0 unspecified atom stereocenters. The minimum absolute atomic E-state index is 0.465. The number of hydrogen-bond acceptors (Lipinski definition) is 3. The lowest BCUT2D eigenvalue weighted by atomic mass is 10.1. The predicted octanol–water partition coefficient (Wildman–Crippen LogP) is 2.29. The number of oxime groups is 1. The number of ether oxygens (including phenoxy) is 1. The van der Waals surface area contributed by atoms with E-state index in [1.807, 2.05) is 24.3 Å². The van der Waals surface area contributed by atoms with Crippen LogP contribution in [0.15, 0.2) is 29.4 Å². The highest BCUT2D eigenvalue weighted by molar-refractivity contribution is 6.00. The summed E-state index contributed by atoms with van der Waals surface area (Å²) in [7, 11) is 0. The molecule has 0 fully saturated rings. The molecule has 0 atom stereocenters. The lowest BCUT2D eigenvalue weighted by Gasteiger charge is -2.08. The molecule has 78 valence electrons. The molecule has 0 aliphatic carbocycles. The molecule has 0 amide bonds. The van der Waals surface area contributed by atoms with Crippen molar-refractivity contribution in [2.45, 2.75) is 13.3 Å². The van der Waals surface area contributed by atoms with Crippen LogP contribution >= 0.6 is 0 Å². The Morgan fingerprint density at radius 2 is 2.27 bits per heavy atom. The molecule has 3 heteroatoms. The number of hydrogen-bond donors (Lipinski definition) is 1. The van der Waals surface area contributed by atoms with Gasteiger partial charge < -0.3 is 9.94 Å². The van der Waals surface area contributed by atoms with E-state index in [4.69, 9.17) is 16.4 Å². The summed E-state index contributed by atoms with van der Waals surface area (Å²) in [6, 6.07) is 7.37. The normalized spacial score (nSPS) is 10.8. The maximum Gasteiger partial charge on any atom is 0.128 e. The summed E-state index contributed by atoms with van der Waals surface area (Å²) in [4.78, 5) is 0. The number of rotatable bonds is 4. The highest BCUT2D eigenvalue weighted by Crippen LogP contribution is 2.18. The van der Waals surface area contributed by atoms with Crippen LogP contribution in [0.1, 0.15) is 18.9 Å². The van der Waals surface area contributed by atoms with Gasteiger partial charge in [0, 0.05) is 12.0 Å². The van der Waals surface area contributed by atoms with Crippen LogP contribution < -0.4 is 4.74 Å². The van der Waals surface area contributed by atoms with Crippen LogP contribution in [0.4, 0.5) is 0 Å². The molecule has 0 spiro atoms. The first-order chi connectivity index (χ1) is 7.29. The SMILES string of the molecule is C#CCCOc1ccccc1/C(C)=N/O. The average Bonchev–Trinajstić information content (AvgIpc) is 2.29. The van der Waals surface area contributed by atoms with Gasteiger partial charge in [0.1, 0.15) is 5.75 Å². The molecule has 0 bridgehead atoms. The first-order valence-corrected chi connectivity index (χ1v) is 4.64. The highest BCUT2D eigenvalue weighted by atomic mass is 16.5. The van der Waals surface area contributed by atoms with Gasteiger partial charge in [-0.15, -0.1) is 12.3 Å². The van der Waals surface area contributed by atoms with Crippen molar-refractivity contribution in [3.8, 4) is 18.1 Å². The van der Waals surface area contributed by atoms with Crippen molar-refractivity contribution in [1.82, 2.24) is 0 Å². The summed E-state index contributed by atoms with van der Waals surface area (Å²) < 4.78 is 5.47. The molecule has 1 aromatic rings. The molecule has 15 heavy (non-hydrogen) atoms. The molecule has 3 nitrogen and oxygen atoms in total. The first kappa shape index (κ1) is 11.1. The third-order valence-corrected chi connectivity index (χ3v) is 1.93. The van der Waals surface area contributed by atoms with Crippen LogP contribution in [0.25, 0.3) is 0 Å². The van der Waals surface area contributed by atoms with Gasteiger partial charge in [0.2, 0.25) is 0 Å². The van der Waals surface area contributed by atoms with Crippen molar-refractivity contribution in [3.05, 3.63) is 29.8 Å². The Hall–Kier alpha value is -1.95.